The molecule has 0 aliphatic rings. The van der Waals surface area contributed by atoms with E-state index in [0.29, 0.717) is 0 Å². The third-order valence-corrected chi connectivity index (χ3v) is 0.546. The molecule has 0 aromatic rings. The fourth-order valence-corrected chi connectivity index (χ4v) is 0.0891. The maximum absolute atomic E-state index is 11.3. The Balaban J connectivity index is 0. The Labute approximate surface area is 96.0 Å². The largest absolute Gasteiger partial charge is 1.00 e. The third-order valence-electron chi connectivity index (χ3n) is 0.546. The standard InChI is InChI=1S/C3H2F4O2.K/c4-1(5)3(6,7)2(8)9;/h1H,(H,8,9);/q;+1/p-1. The SMILES string of the molecule is O=C([O-])C(F)(F)C(F)F.[K+]. The van der Waals surface area contributed by atoms with Gasteiger partial charge in [0.15, 0.2) is 0 Å². The number of carbonyl (C=O) groups is 1. The van der Waals surface area contributed by atoms with Crippen molar-refractivity contribution < 1.29 is 78.8 Å². The molecule has 0 fully saturated rings. The molecule has 0 radical (unpaired) electrons. The summed E-state index contributed by atoms with van der Waals surface area (Å²) < 4.78 is 44.3. The van der Waals surface area contributed by atoms with E-state index in [4.69, 9.17) is 9.90 Å². The van der Waals surface area contributed by atoms with Gasteiger partial charge in [-0.3, -0.25) is 0 Å². The minimum atomic E-state index is -5.03. The first-order valence-electron chi connectivity index (χ1n) is 1.76. The fourth-order valence-electron chi connectivity index (χ4n) is 0.0891. The normalized spacial score (nSPS) is 10.9. The van der Waals surface area contributed by atoms with Gasteiger partial charge in [0.25, 0.3) is 0 Å². The first-order chi connectivity index (χ1) is 3.89. The van der Waals surface area contributed by atoms with E-state index in [-0.39, 0.29) is 51.4 Å². The predicted octanol–water partition coefficient (Wildman–Crippen LogP) is -3.36. The van der Waals surface area contributed by atoms with Crippen molar-refractivity contribution in [3.63, 3.8) is 0 Å². The van der Waals surface area contributed by atoms with Crippen LogP contribution in [0.25, 0.3) is 0 Å². The van der Waals surface area contributed by atoms with Crippen LogP contribution in [0.15, 0.2) is 0 Å². The molecule has 0 bridgehead atoms. The van der Waals surface area contributed by atoms with Crippen LogP contribution in [-0.2, 0) is 4.79 Å². The summed E-state index contributed by atoms with van der Waals surface area (Å²) in [5, 5.41) is 9.12. The predicted molar refractivity (Wildman–Crippen MR) is 16.0 cm³/mol. The number of carbonyl (C=O) groups excluding carboxylic acids is 1. The Morgan fingerprint density at radius 2 is 1.70 bits per heavy atom. The van der Waals surface area contributed by atoms with Gasteiger partial charge >= 0.3 is 63.7 Å². The molecule has 0 unspecified atom stereocenters. The van der Waals surface area contributed by atoms with Crippen molar-refractivity contribution in [2.75, 3.05) is 0 Å². The second-order valence-corrected chi connectivity index (χ2v) is 1.21. The number of carboxylic acids is 1. The van der Waals surface area contributed by atoms with Crippen LogP contribution in [0, 0.1) is 0 Å². The van der Waals surface area contributed by atoms with Gasteiger partial charge in [-0.1, -0.05) is 0 Å². The van der Waals surface area contributed by atoms with Crippen LogP contribution in [0.4, 0.5) is 17.6 Å². The van der Waals surface area contributed by atoms with Crippen LogP contribution in [0.3, 0.4) is 0 Å². The third kappa shape index (κ3) is 3.29. The molecule has 0 saturated carbocycles. The minimum Gasteiger partial charge on any atom is -0.544 e. The minimum absolute atomic E-state index is 0. The quantitative estimate of drug-likeness (QED) is 0.332. The molecule has 54 valence electrons. The van der Waals surface area contributed by atoms with E-state index in [1.165, 1.54) is 0 Å². The number of rotatable bonds is 2. The number of hydrogen-bond donors (Lipinski definition) is 0. The molecule has 0 N–H and O–H groups in total. The van der Waals surface area contributed by atoms with Gasteiger partial charge in [-0.25, -0.2) is 8.78 Å². The zero-order valence-electron chi connectivity index (χ0n) is 4.91. The molecule has 0 aromatic carbocycles. The van der Waals surface area contributed by atoms with Crippen molar-refractivity contribution in [2.24, 2.45) is 0 Å². The summed E-state index contributed by atoms with van der Waals surface area (Å²) in [6.07, 6.45) is -4.21. The van der Waals surface area contributed by atoms with Gasteiger partial charge in [0, 0.05) is 0 Å². The molecule has 10 heavy (non-hydrogen) atoms. The van der Waals surface area contributed by atoms with Gasteiger partial charge < -0.3 is 9.90 Å². The number of alkyl halides is 4. The van der Waals surface area contributed by atoms with Crippen molar-refractivity contribution in [2.45, 2.75) is 12.3 Å². The second kappa shape index (κ2) is 4.65. The van der Waals surface area contributed by atoms with Crippen molar-refractivity contribution in [1.82, 2.24) is 0 Å². The van der Waals surface area contributed by atoms with Gasteiger partial charge in [-0.2, -0.15) is 8.78 Å². The van der Waals surface area contributed by atoms with Crippen LogP contribution in [-0.4, -0.2) is 18.3 Å². The van der Waals surface area contributed by atoms with Crippen LogP contribution in [0.1, 0.15) is 0 Å². The number of hydrogen-bond acceptors (Lipinski definition) is 2. The molecule has 0 aromatic heterocycles. The monoisotopic (exact) mass is 184 g/mol. The van der Waals surface area contributed by atoms with Gasteiger partial charge in [0.05, 0.1) is 0 Å². The topological polar surface area (TPSA) is 40.1 Å². The Kier molecular flexibility index (Phi) is 6.24. The van der Waals surface area contributed by atoms with E-state index in [1.54, 1.807) is 0 Å². The molecule has 0 spiro atoms. The number of halogens is 4. The summed E-state index contributed by atoms with van der Waals surface area (Å²) in [4.78, 5) is 9.12. The van der Waals surface area contributed by atoms with Gasteiger partial charge in [0.2, 0.25) is 0 Å². The first-order valence-corrected chi connectivity index (χ1v) is 1.76. The van der Waals surface area contributed by atoms with Crippen molar-refractivity contribution in [1.29, 1.82) is 0 Å². The molecule has 2 nitrogen and oxygen atoms in total. The van der Waals surface area contributed by atoms with E-state index in [0.717, 1.165) is 0 Å². The van der Waals surface area contributed by atoms with E-state index < -0.39 is 18.3 Å². The molecule has 0 rings (SSSR count). The molecule has 0 amide bonds. The maximum atomic E-state index is 11.3. The van der Waals surface area contributed by atoms with E-state index in [1.807, 2.05) is 0 Å². The second-order valence-electron chi connectivity index (χ2n) is 1.21. The summed E-state index contributed by atoms with van der Waals surface area (Å²) >= 11 is 0. The molecule has 0 aliphatic carbocycles. The van der Waals surface area contributed by atoms with Crippen LogP contribution < -0.4 is 56.5 Å². The summed E-state index contributed by atoms with van der Waals surface area (Å²) in [5.41, 5.74) is 0. The van der Waals surface area contributed by atoms with Crippen LogP contribution in [0.5, 0.6) is 0 Å². The average Bonchev–Trinajstić information content (AvgIpc) is 1.65. The van der Waals surface area contributed by atoms with Crippen molar-refractivity contribution in [3.8, 4) is 0 Å². The Bertz CT molecular complexity index is 126. The summed E-state index contributed by atoms with van der Waals surface area (Å²) in [6, 6.07) is 0. The molecule has 0 atom stereocenters. The maximum Gasteiger partial charge on any atom is 1.00 e. The summed E-state index contributed by atoms with van der Waals surface area (Å²) in [7, 11) is 0. The summed E-state index contributed by atoms with van der Waals surface area (Å²) in [6.45, 7) is 0. The Morgan fingerprint density at radius 1 is 1.40 bits per heavy atom. The first kappa shape index (κ1) is 13.4. The van der Waals surface area contributed by atoms with Gasteiger partial charge in [-0.05, 0) is 0 Å². The van der Waals surface area contributed by atoms with E-state index in [2.05, 4.69) is 0 Å². The fraction of sp³-hybridized carbons (Fsp3) is 0.667. The molecular formula is C3HF4KO2. The Morgan fingerprint density at radius 3 is 1.70 bits per heavy atom. The van der Waals surface area contributed by atoms with E-state index >= 15 is 0 Å². The van der Waals surface area contributed by atoms with Crippen LogP contribution >= 0.6 is 0 Å². The van der Waals surface area contributed by atoms with Crippen molar-refractivity contribution in [3.05, 3.63) is 0 Å². The molecule has 7 heteroatoms. The van der Waals surface area contributed by atoms with E-state index in [9.17, 15) is 17.6 Å². The zero-order chi connectivity index (χ0) is 7.65. The molecule has 0 aliphatic heterocycles. The van der Waals surface area contributed by atoms with Crippen LogP contribution in [0.2, 0.25) is 0 Å². The average molecular weight is 184 g/mol. The Hall–Kier alpha value is 0.826. The number of carboxylic acid groups (broad SMARTS) is 1. The van der Waals surface area contributed by atoms with Gasteiger partial charge in [0.1, 0.15) is 5.97 Å². The smallest absolute Gasteiger partial charge is 0.544 e. The number of aliphatic carboxylic acids is 1. The molecule has 0 heterocycles. The molecule has 0 saturated heterocycles. The van der Waals surface area contributed by atoms with Crippen molar-refractivity contribution >= 4 is 5.97 Å². The summed E-state index contributed by atoms with van der Waals surface area (Å²) in [5.74, 6) is -8.09. The van der Waals surface area contributed by atoms with Gasteiger partial charge in [-0.15, -0.1) is 0 Å². The molecular weight excluding hydrogens is 183 g/mol. The zero-order valence-corrected chi connectivity index (χ0v) is 8.03.